The van der Waals surface area contributed by atoms with Crippen molar-refractivity contribution in [1.82, 2.24) is 4.98 Å². The maximum atomic E-state index is 5.87. The lowest BCUT2D eigenvalue weighted by Crippen LogP contribution is -2.14. The van der Waals surface area contributed by atoms with Crippen molar-refractivity contribution in [2.75, 3.05) is 13.2 Å². The Morgan fingerprint density at radius 3 is 2.32 bits per heavy atom. The monoisotopic (exact) mass is 321 g/mol. The van der Waals surface area contributed by atoms with Crippen LogP contribution in [0.15, 0.2) is 35.8 Å². The molecule has 0 saturated carbocycles. The van der Waals surface area contributed by atoms with Crippen LogP contribution in [0.25, 0.3) is 0 Å². The molecule has 5 heteroatoms. The quantitative estimate of drug-likeness (QED) is 0.641. The Bertz CT molecular complexity index is 525. The Morgan fingerprint density at radius 2 is 1.68 bits per heavy atom. The fourth-order valence-corrected chi connectivity index (χ4v) is 2.64. The predicted molar refractivity (Wildman–Crippen MR) is 89.1 cm³/mol. The van der Waals surface area contributed by atoms with Crippen LogP contribution in [0.4, 0.5) is 0 Å². The zero-order valence-electron chi connectivity index (χ0n) is 13.3. The van der Waals surface area contributed by atoms with Gasteiger partial charge in [-0.1, -0.05) is 25.2 Å². The number of rotatable bonds is 9. The number of benzene rings is 1. The molecule has 1 heterocycles. The third-order valence-electron chi connectivity index (χ3n) is 2.95. The summed E-state index contributed by atoms with van der Waals surface area (Å²) in [6.07, 6.45) is 2.99. The normalized spacial score (nSPS) is 12.2. The molecule has 2 aromatic rings. The van der Waals surface area contributed by atoms with Crippen molar-refractivity contribution >= 4 is 11.3 Å². The van der Waals surface area contributed by atoms with Crippen LogP contribution in [0.5, 0.6) is 16.7 Å². The summed E-state index contributed by atoms with van der Waals surface area (Å²) in [5.74, 6) is 2.32. The molecule has 4 nitrogen and oxygen atoms in total. The Hall–Kier alpha value is -1.75. The van der Waals surface area contributed by atoms with Crippen molar-refractivity contribution in [2.45, 2.75) is 33.3 Å². The summed E-state index contributed by atoms with van der Waals surface area (Å²) < 4.78 is 16.9. The summed E-state index contributed by atoms with van der Waals surface area (Å²) >= 11 is 1.48. The minimum atomic E-state index is 0.221. The lowest BCUT2D eigenvalue weighted by atomic mass is 10.1. The lowest BCUT2D eigenvalue weighted by molar-refractivity contribution is 0.192. The Labute approximate surface area is 136 Å². The van der Waals surface area contributed by atoms with Crippen molar-refractivity contribution in [3.63, 3.8) is 0 Å². The summed E-state index contributed by atoms with van der Waals surface area (Å²) in [6, 6.07) is 7.71. The van der Waals surface area contributed by atoms with Crippen molar-refractivity contribution in [3.8, 4) is 16.7 Å². The maximum Gasteiger partial charge on any atom is 0.273 e. The summed E-state index contributed by atoms with van der Waals surface area (Å²) in [6.45, 7) is 7.47. The minimum absolute atomic E-state index is 0.221. The molecule has 120 valence electrons. The van der Waals surface area contributed by atoms with Gasteiger partial charge in [-0.3, -0.25) is 0 Å². The highest BCUT2D eigenvalue weighted by atomic mass is 32.1. The number of nitrogens with zero attached hydrogens (tertiary/aromatic N) is 1. The number of thiazole rings is 1. The van der Waals surface area contributed by atoms with Crippen LogP contribution < -0.4 is 14.2 Å². The largest absolute Gasteiger partial charge is 0.491 e. The van der Waals surface area contributed by atoms with E-state index in [2.05, 4.69) is 25.8 Å². The van der Waals surface area contributed by atoms with Gasteiger partial charge in [-0.25, -0.2) is 4.98 Å². The minimum Gasteiger partial charge on any atom is -0.491 e. The fourth-order valence-electron chi connectivity index (χ4n) is 2.13. The molecule has 1 atom stereocenters. The molecule has 0 aliphatic heterocycles. The number of hydrogen-bond donors (Lipinski definition) is 0. The average Bonchev–Trinajstić information content (AvgIpc) is 2.97. The van der Waals surface area contributed by atoms with Crippen LogP contribution in [0.2, 0.25) is 0 Å². The van der Waals surface area contributed by atoms with Gasteiger partial charge in [0.05, 0.1) is 6.10 Å². The van der Waals surface area contributed by atoms with Gasteiger partial charge in [-0.2, -0.15) is 0 Å². The highest BCUT2D eigenvalue weighted by Gasteiger charge is 2.06. The van der Waals surface area contributed by atoms with Gasteiger partial charge in [0, 0.05) is 11.6 Å². The van der Waals surface area contributed by atoms with Gasteiger partial charge in [-0.15, -0.1) is 0 Å². The first kappa shape index (κ1) is 16.6. The SMILES string of the molecule is CC(C)CC(C)Oc1ccc(OCCOc2nccs2)cc1. The molecule has 22 heavy (non-hydrogen) atoms. The molecular weight excluding hydrogens is 298 g/mol. The molecular formula is C17H23NO3S. The molecule has 0 saturated heterocycles. The van der Waals surface area contributed by atoms with E-state index in [4.69, 9.17) is 14.2 Å². The van der Waals surface area contributed by atoms with Gasteiger partial charge in [-0.05, 0) is 43.5 Å². The molecule has 1 aromatic carbocycles. The molecule has 0 N–H and O–H groups in total. The van der Waals surface area contributed by atoms with Crippen LogP contribution in [0.3, 0.4) is 0 Å². The molecule has 0 fully saturated rings. The Kier molecular flexibility index (Phi) is 6.52. The van der Waals surface area contributed by atoms with Crippen molar-refractivity contribution in [3.05, 3.63) is 35.8 Å². The number of aromatic nitrogens is 1. The molecule has 0 amide bonds. The number of hydrogen-bond acceptors (Lipinski definition) is 5. The van der Waals surface area contributed by atoms with E-state index in [1.165, 1.54) is 11.3 Å². The van der Waals surface area contributed by atoms with E-state index < -0.39 is 0 Å². The second kappa shape index (κ2) is 8.63. The van der Waals surface area contributed by atoms with Crippen LogP contribution in [-0.4, -0.2) is 24.3 Å². The molecule has 0 radical (unpaired) electrons. The van der Waals surface area contributed by atoms with E-state index in [0.717, 1.165) is 17.9 Å². The first-order chi connectivity index (χ1) is 10.6. The summed E-state index contributed by atoms with van der Waals surface area (Å²) in [4.78, 5) is 4.04. The van der Waals surface area contributed by atoms with Gasteiger partial charge < -0.3 is 14.2 Å². The molecule has 1 aromatic heterocycles. The van der Waals surface area contributed by atoms with Gasteiger partial charge in [0.2, 0.25) is 0 Å². The van der Waals surface area contributed by atoms with E-state index in [1.54, 1.807) is 6.20 Å². The van der Waals surface area contributed by atoms with Gasteiger partial charge in [0.25, 0.3) is 5.19 Å². The second-order valence-corrected chi connectivity index (χ2v) is 6.38. The van der Waals surface area contributed by atoms with E-state index in [1.807, 2.05) is 29.6 Å². The third kappa shape index (κ3) is 5.93. The average molecular weight is 321 g/mol. The van der Waals surface area contributed by atoms with Crippen molar-refractivity contribution in [1.29, 1.82) is 0 Å². The van der Waals surface area contributed by atoms with E-state index in [9.17, 15) is 0 Å². The maximum absolute atomic E-state index is 5.87. The zero-order valence-corrected chi connectivity index (χ0v) is 14.1. The van der Waals surface area contributed by atoms with Crippen LogP contribution in [0, 0.1) is 5.92 Å². The van der Waals surface area contributed by atoms with Crippen molar-refractivity contribution < 1.29 is 14.2 Å². The molecule has 1 unspecified atom stereocenters. The van der Waals surface area contributed by atoms with Gasteiger partial charge in [0.1, 0.15) is 24.7 Å². The predicted octanol–water partition coefficient (Wildman–Crippen LogP) is 4.41. The summed E-state index contributed by atoms with van der Waals surface area (Å²) in [5, 5.41) is 2.56. The smallest absolute Gasteiger partial charge is 0.273 e. The summed E-state index contributed by atoms with van der Waals surface area (Å²) in [5.41, 5.74) is 0. The first-order valence-electron chi connectivity index (χ1n) is 7.55. The van der Waals surface area contributed by atoms with Gasteiger partial charge >= 0.3 is 0 Å². The topological polar surface area (TPSA) is 40.6 Å². The molecule has 0 aliphatic rings. The second-order valence-electron chi connectivity index (χ2n) is 5.52. The third-order valence-corrected chi connectivity index (χ3v) is 3.63. The van der Waals surface area contributed by atoms with Crippen LogP contribution >= 0.6 is 11.3 Å². The van der Waals surface area contributed by atoms with Crippen LogP contribution in [0.1, 0.15) is 27.2 Å². The molecule has 2 rings (SSSR count). The summed E-state index contributed by atoms with van der Waals surface area (Å²) in [7, 11) is 0. The highest BCUT2D eigenvalue weighted by Crippen LogP contribution is 2.20. The van der Waals surface area contributed by atoms with E-state index >= 15 is 0 Å². The molecule has 0 spiro atoms. The van der Waals surface area contributed by atoms with E-state index in [0.29, 0.717) is 24.3 Å². The molecule has 0 aliphatic carbocycles. The molecule has 0 bridgehead atoms. The standard InChI is InChI=1S/C17H23NO3S/c1-13(2)12-14(3)21-16-6-4-15(5-7-16)19-9-10-20-17-18-8-11-22-17/h4-8,11,13-14H,9-10,12H2,1-3H3. The number of ether oxygens (including phenoxy) is 3. The van der Waals surface area contributed by atoms with E-state index in [-0.39, 0.29) is 6.10 Å². The first-order valence-corrected chi connectivity index (χ1v) is 8.43. The Balaban J connectivity index is 1.70. The van der Waals surface area contributed by atoms with Crippen molar-refractivity contribution in [2.24, 2.45) is 5.92 Å². The Morgan fingerprint density at radius 1 is 1.00 bits per heavy atom. The fraction of sp³-hybridized carbons (Fsp3) is 0.471. The highest BCUT2D eigenvalue weighted by molar-refractivity contribution is 7.11. The zero-order chi connectivity index (χ0) is 15.8. The van der Waals surface area contributed by atoms with Crippen LogP contribution in [-0.2, 0) is 0 Å². The lowest BCUT2D eigenvalue weighted by Gasteiger charge is -2.16. The van der Waals surface area contributed by atoms with Gasteiger partial charge in [0.15, 0.2) is 0 Å².